The zero-order valence-corrected chi connectivity index (χ0v) is 19.7. The normalized spacial score (nSPS) is 21.1. The molecule has 4 amide bonds. The third-order valence-corrected chi connectivity index (χ3v) is 6.07. The average Bonchev–Trinajstić information content (AvgIpc) is 3.49. The second kappa shape index (κ2) is 13.5. The number of primary amides is 1. The summed E-state index contributed by atoms with van der Waals surface area (Å²) in [6, 6.07) is -3.48. The molecule has 14 nitrogen and oxygen atoms in total. The summed E-state index contributed by atoms with van der Waals surface area (Å²) in [5, 5.41) is 17.6. The second-order valence-corrected chi connectivity index (χ2v) is 8.75. The van der Waals surface area contributed by atoms with Crippen molar-refractivity contribution in [1.29, 1.82) is 0 Å². The van der Waals surface area contributed by atoms with Crippen LogP contribution in [0.1, 0.15) is 51.4 Å². The third-order valence-electron chi connectivity index (χ3n) is 6.07. The summed E-state index contributed by atoms with van der Waals surface area (Å²) < 4.78 is 0. The highest BCUT2D eigenvalue weighted by molar-refractivity contribution is 5.94. The molecule has 2 aliphatic rings. The molecule has 0 aromatic rings. The van der Waals surface area contributed by atoms with Crippen LogP contribution in [-0.4, -0.2) is 89.4 Å². The van der Waals surface area contributed by atoms with Crippen LogP contribution in [0.25, 0.3) is 0 Å². The Hall–Kier alpha value is -3.42. The highest BCUT2D eigenvalue weighted by atomic mass is 16.4. The molecule has 0 bridgehead atoms. The molecule has 0 aromatic carbocycles. The number of rotatable bonds is 13. The molecule has 2 aliphatic heterocycles. The molecule has 2 rings (SSSR count). The minimum absolute atomic E-state index is 0.118. The molecule has 4 atom stereocenters. The van der Waals surface area contributed by atoms with Gasteiger partial charge in [0.2, 0.25) is 23.6 Å². The van der Waals surface area contributed by atoms with Crippen molar-refractivity contribution in [3.05, 3.63) is 0 Å². The number of likely N-dealkylation sites (tertiary alicyclic amines) is 1. The Labute approximate surface area is 203 Å². The van der Waals surface area contributed by atoms with Gasteiger partial charge in [0.25, 0.3) is 0 Å². The smallest absolute Gasteiger partial charge is 0.326 e. The molecule has 2 heterocycles. The van der Waals surface area contributed by atoms with Gasteiger partial charge in [0.05, 0.1) is 6.04 Å². The van der Waals surface area contributed by atoms with Gasteiger partial charge in [0, 0.05) is 19.5 Å². The van der Waals surface area contributed by atoms with Gasteiger partial charge in [-0.25, -0.2) is 4.79 Å². The fourth-order valence-corrected chi connectivity index (χ4v) is 4.26. The van der Waals surface area contributed by atoms with E-state index in [9.17, 15) is 29.1 Å². The predicted molar refractivity (Wildman–Crippen MR) is 126 cm³/mol. The van der Waals surface area contributed by atoms with Gasteiger partial charge < -0.3 is 43.2 Å². The van der Waals surface area contributed by atoms with Crippen molar-refractivity contribution in [3.63, 3.8) is 0 Å². The maximum atomic E-state index is 13.1. The zero-order chi connectivity index (χ0) is 26.0. The number of carbonyl (C=O) groups excluding carboxylic acids is 4. The predicted octanol–water partition coefficient (Wildman–Crippen LogP) is -2.90. The molecule has 35 heavy (non-hydrogen) atoms. The first-order valence-electron chi connectivity index (χ1n) is 11.8. The van der Waals surface area contributed by atoms with E-state index in [1.54, 1.807) is 4.90 Å². The molecular weight excluding hydrogens is 460 g/mol. The van der Waals surface area contributed by atoms with Crippen LogP contribution in [0.4, 0.5) is 0 Å². The zero-order valence-electron chi connectivity index (χ0n) is 19.7. The van der Waals surface area contributed by atoms with Gasteiger partial charge in [-0.3, -0.25) is 24.2 Å². The van der Waals surface area contributed by atoms with E-state index in [0.717, 1.165) is 13.0 Å². The molecule has 0 aromatic heterocycles. The molecule has 2 saturated heterocycles. The van der Waals surface area contributed by atoms with Gasteiger partial charge in [0.1, 0.15) is 18.1 Å². The Balaban J connectivity index is 2.08. The summed E-state index contributed by atoms with van der Waals surface area (Å²) >= 11 is 0. The lowest BCUT2D eigenvalue weighted by Gasteiger charge is -2.28. The monoisotopic (exact) mass is 496 g/mol. The Morgan fingerprint density at radius 2 is 1.77 bits per heavy atom. The van der Waals surface area contributed by atoms with E-state index >= 15 is 0 Å². The molecule has 10 N–H and O–H groups in total. The fourth-order valence-electron chi connectivity index (χ4n) is 4.26. The van der Waals surface area contributed by atoms with E-state index in [-0.39, 0.29) is 43.7 Å². The second-order valence-electron chi connectivity index (χ2n) is 8.75. The van der Waals surface area contributed by atoms with E-state index in [1.807, 2.05) is 0 Å². The maximum absolute atomic E-state index is 13.1. The Morgan fingerprint density at radius 3 is 2.37 bits per heavy atom. The van der Waals surface area contributed by atoms with Gasteiger partial charge >= 0.3 is 5.97 Å². The number of hydrogen-bond acceptors (Lipinski definition) is 7. The van der Waals surface area contributed by atoms with E-state index < -0.39 is 41.8 Å². The van der Waals surface area contributed by atoms with E-state index in [4.69, 9.17) is 17.2 Å². The number of aliphatic carboxylic acids is 1. The van der Waals surface area contributed by atoms with Gasteiger partial charge in [-0.05, 0) is 51.5 Å². The average molecular weight is 497 g/mol. The highest BCUT2D eigenvalue weighted by Crippen LogP contribution is 2.21. The van der Waals surface area contributed by atoms with Crippen molar-refractivity contribution >= 4 is 35.6 Å². The molecule has 0 saturated carbocycles. The van der Waals surface area contributed by atoms with E-state index in [2.05, 4.69) is 20.9 Å². The Kier molecular flexibility index (Phi) is 10.7. The van der Waals surface area contributed by atoms with Crippen molar-refractivity contribution in [2.24, 2.45) is 22.2 Å². The van der Waals surface area contributed by atoms with Crippen molar-refractivity contribution in [2.75, 3.05) is 19.6 Å². The summed E-state index contributed by atoms with van der Waals surface area (Å²) in [7, 11) is 0. The number of guanidine groups is 1. The molecular formula is C21H36N8O6. The van der Waals surface area contributed by atoms with Gasteiger partial charge in [-0.2, -0.15) is 0 Å². The third kappa shape index (κ3) is 8.70. The number of nitrogens with two attached hydrogens (primary N) is 3. The minimum atomic E-state index is -1.36. The van der Waals surface area contributed by atoms with E-state index in [0.29, 0.717) is 32.2 Å². The number of aliphatic imine (C=N–C) groups is 1. The minimum Gasteiger partial charge on any atom is -0.480 e. The lowest BCUT2D eigenvalue weighted by atomic mass is 10.1. The number of carboxylic acids is 1. The maximum Gasteiger partial charge on any atom is 0.326 e. The molecule has 4 unspecified atom stereocenters. The van der Waals surface area contributed by atoms with Crippen LogP contribution in [0.5, 0.6) is 0 Å². The SMILES string of the molecule is NC(=O)CCC(NC(=O)C(CCCN=C(N)N)NC(=O)C1CCCN1C(=O)C1CCCN1)C(=O)O. The van der Waals surface area contributed by atoms with Gasteiger partial charge in [-0.1, -0.05) is 0 Å². The van der Waals surface area contributed by atoms with Crippen LogP contribution in [-0.2, 0) is 24.0 Å². The van der Waals surface area contributed by atoms with Crippen LogP contribution >= 0.6 is 0 Å². The number of nitrogens with zero attached hydrogens (tertiary/aromatic N) is 2. The van der Waals surface area contributed by atoms with Crippen LogP contribution in [0.3, 0.4) is 0 Å². The topological polar surface area (TPSA) is 235 Å². The first-order chi connectivity index (χ1) is 16.6. The molecule has 0 radical (unpaired) electrons. The Morgan fingerprint density at radius 1 is 1.03 bits per heavy atom. The lowest BCUT2D eigenvalue weighted by Crippen LogP contribution is -2.56. The largest absolute Gasteiger partial charge is 0.480 e. The van der Waals surface area contributed by atoms with Crippen molar-refractivity contribution < 1.29 is 29.1 Å². The summed E-state index contributed by atoms with van der Waals surface area (Å²) in [4.78, 5) is 66.9. The standard InChI is InChI=1S/C21H36N8O6/c22-16(30)8-7-14(20(34)35)28-17(31)12(4-1-10-26-21(23)24)27-18(32)15-6-3-11-29(15)19(33)13-5-2-9-25-13/h12-15,25H,1-11H2,(H2,22,30)(H,27,32)(H,28,31)(H,34,35)(H4,23,24,26). The first-order valence-corrected chi connectivity index (χ1v) is 11.8. The highest BCUT2D eigenvalue weighted by Gasteiger charge is 2.39. The number of hydrogen-bond donors (Lipinski definition) is 7. The molecule has 196 valence electrons. The van der Waals surface area contributed by atoms with Gasteiger partial charge in [0.15, 0.2) is 5.96 Å². The molecule has 2 fully saturated rings. The van der Waals surface area contributed by atoms with Crippen LogP contribution in [0.15, 0.2) is 4.99 Å². The number of nitrogens with one attached hydrogen (secondary N) is 3. The van der Waals surface area contributed by atoms with Crippen LogP contribution < -0.4 is 33.2 Å². The Bertz CT molecular complexity index is 825. The van der Waals surface area contributed by atoms with Gasteiger partial charge in [-0.15, -0.1) is 0 Å². The summed E-state index contributed by atoms with van der Waals surface area (Å²) in [5.74, 6) is -3.50. The van der Waals surface area contributed by atoms with Crippen molar-refractivity contribution in [2.45, 2.75) is 75.5 Å². The van der Waals surface area contributed by atoms with E-state index in [1.165, 1.54) is 0 Å². The summed E-state index contributed by atoms with van der Waals surface area (Å²) in [5.41, 5.74) is 15.7. The number of carboxylic acid groups (broad SMARTS) is 1. The number of carbonyl (C=O) groups is 5. The lowest BCUT2D eigenvalue weighted by molar-refractivity contribution is -0.143. The van der Waals surface area contributed by atoms with Crippen LogP contribution in [0.2, 0.25) is 0 Å². The number of amides is 4. The molecule has 0 spiro atoms. The summed E-state index contributed by atoms with van der Waals surface area (Å²) in [6.07, 6.45) is 2.75. The molecule has 14 heteroatoms. The van der Waals surface area contributed by atoms with Crippen molar-refractivity contribution in [1.82, 2.24) is 20.9 Å². The fraction of sp³-hybridized carbons (Fsp3) is 0.714. The molecule has 0 aliphatic carbocycles. The van der Waals surface area contributed by atoms with Crippen molar-refractivity contribution in [3.8, 4) is 0 Å². The van der Waals surface area contributed by atoms with Crippen LogP contribution in [0, 0.1) is 0 Å². The quantitative estimate of drug-likeness (QED) is 0.0785. The summed E-state index contributed by atoms with van der Waals surface area (Å²) in [6.45, 7) is 1.40. The first kappa shape index (κ1) is 27.8.